The van der Waals surface area contributed by atoms with Gasteiger partial charge in [0.1, 0.15) is 17.6 Å². The number of carbonyl (C=O) groups is 3. The number of carbonyl (C=O) groups excluding carboxylic acids is 3. The van der Waals surface area contributed by atoms with Crippen LogP contribution in [0.25, 0.3) is 0 Å². The van der Waals surface area contributed by atoms with Crippen LogP contribution in [0.3, 0.4) is 0 Å². The molecule has 1 radical (unpaired) electrons. The smallest absolute Gasteiger partial charge is 0.325 e. The quantitative estimate of drug-likeness (QED) is 0.160. The minimum Gasteiger partial charge on any atom is -0.389 e. The van der Waals surface area contributed by atoms with E-state index >= 15 is 0 Å². The van der Waals surface area contributed by atoms with E-state index in [-0.39, 0.29) is 53.9 Å². The number of nitrogens with zero attached hydrogens (tertiary/aromatic N) is 2. The molecule has 2 atom stereocenters. The number of amides is 2. The Morgan fingerprint density at radius 2 is 2.31 bits per heavy atom. The van der Waals surface area contributed by atoms with Crippen molar-refractivity contribution >= 4 is 81.8 Å². The number of oxime groups is 1. The summed E-state index contributed by atoms with van der Waals surface area (Å²) in [6.07, 6.45) is 1.03. The molecule has 2 heterocycles. The predicted octanol–water partition coefficient (Wildman–Crippen LogP) is -1.67. The molecule has 14 heteroatoms. The minimum atomic E-state index is -0.712. The summed E-state index contributed by atoms with van der Waals surface area (Å²) in [6, 6.07) is -0.712. The van der Waals surface area contributed by atoms with Gasteiger partial charge in [0.05, 0.1) is 12.1 Å². The molecule has 2 rings (SSSR count). The Labute approximate surface area is 178 Å². The Kier molecular flexibility index (Phi) is 9.90. The van der Waals surface area contributed by atoms with Gasteiger partial charge in [-0.15, -0.1) is 23.1 Å². The van der Waals surface area contributed by atoms with E-state index in [2.05, 4.69) is 25.6 Å². The van der Waals surface area contributed by atoms with Crippen LogP contribution in [-0.2, 0) is 30.7 Å². The molecule has 1 aliphatic heterocycles. The second-order valence-corrected chi connectivity index (χ2v) is 6.85. The normalized spacial score (nSPS) is 18.4. The van der Waals surface area contributed by atoms with Crippen LogP contribution in [0.15, 0.2) is 10.5 Å². The molecule has 1 aliphatic rings. The molecule has 1 aromatic rings. The fourth-order valence-corrected chi connectivity index (χ4v) is 3.40. The molecule has 137 valence electrons. The molecule has 6 N–H and O–H groups in total. The first-order valence-electron chi connectivity index (χ1n) is 6.97. The predicted molar refractivity (Wildman–Crippen MR) is 96.8 cm³/mol. The van der Waals surface area contributed by atoms with Gasteiger partial charge < -0.3 is 26.0 Å². The van der Waals surface area contributed by atoms with E-state index < -0.39 is 17.9 Å². The number of thiazole rings is 1. The van der Waals surface area contributed by atoms with Crippen LogP contribution in [0, 0.1) is 0 Å². The van der Waals surface area contributed by atoms with Crippen molar-refractivity contribution in [2.75, 3.05) is 11.5 Å². The summed E-state index contributed by atoms with van der Waals surface area (Å²) < 4.78 is 0. The molecule has 0 aromatic carbocycles. The Morgan fingerprint density at radius 3 is 2.92 bits per heavy atom. The standard InChI is InChI=1S/C12H16N6O5S2.Na/c13-12-16-6(5-25-12)4-22-15-3-7(19)17-9-10(21)18-11(9)24-2-1-8(20)23-14;/h3,5,9,11H,1-2,4,14H2,(H2,13,16)(H,17,19)(H,18,21);/t9-,11+;/m1./s1. The number of nitrogens with one attached hydrogen (secondary N) is 2. The fraction of sp³-hybridized carbons (Fsp3) is 0.417. The Bertz CT molecular complexity index is 672. The largest absolute Gasteiger partial charge is 0.389 e. The van der Waals surface area contributed by atoms with Gasteiger partial charge in [-0.1, -0.05) is 5.16 Å². The summed E-state index contributed by atoms with van der Waals surface area (Å²) in [6.45, 7) is 0.0805. The zero-order valence-corrected chi connectivity index (χ0v) is 17.5. The number of aromatic nitrogens is 1. The van der Waals surface area contributed by atoms with Crippen molar-refractivity contribution in [3.8, 4) is 0 Å². The fourth-order valence-electron chi connectivity index (χ4n) is 1.73. The number of hydrogen-bond donors (Lipinski definition) is 4. The molecular weight excluding hydrogens is 395 g/mol. The van der Waals surface area contributed by atoms with E-state index in [9.17, 15) is 14.4 Å². The number of nitrogens with two attached hydrogens (primary N) is 2. The molecule has 1 saturated heterocycles. The SMILES string of the molecule is NOC(=O)CCS[C@@H]1NC(=O)[C@H]1NC(=O)C=NOCc1csc(N)n1.[Na]. The van der Waals surface area contributed by atoms with Crippen LogP contribution in [0.1, 0.15) is 12.1 Å². The first kappa shape index (κ1) is 22.7. The molecule has 0 saturated carbocycles. The van der Waals surface area contributed by atoms with Crippen molar-refractivity contribution in [2.24, 2.45) is 11.1 Å². The van der Waals surface area contributed by atoms with E-state index in [1.807, 2.05) is 0 Å². The molecule has 0 bridgehead atoms. The third-order valence-corrected chi connectivity index (χ3v) is 4.84. The topological polar surface area (TPSA) is 171 Å². The summed E-state index contributed by atoms with van der Waals surface area (Å²) >= 11 is 2.56. The molecule has 1 fully saturated rings. The maximum Gasteiger partial charge on any atom is 0.325 e. The van der Waals surface area contributed by atoms with E-state index in [1.54, 1.807) is 5.38 Å². The maximum absolute atomic E-state index is 11.7. The number of β-lactam (4-membered cyclic amide) rings is 1. The van der Waals surface area contributed by atoms with Crippen molar-refractivity contribution in [3.63, 3.8) is 0 Å². The number of hydrogen-bond acceptors (Lipinski definition) is 11. The van der Waals surface area contributed by atoms with Crippen LogP contribution in [-0.4, -0.2) is 75.7 Å². The van der Waals surface area contributed by atoms with Crippen molar-refractivity contribution in [1.29, 1.82) is 0 Å². The van der Waals surface area contributed by atoms with E-state index in [4.69, 9.17) is 16.5 Å². The molecule has 1 aromatic heterocycles. The third-order valence-electron chi connectivity index (χ3n) is 2.93. The van der Waals surface area contributed by atoms with E-state index in [0.29, 0.717) is 16.6 Å². The number of nitrogen functional groups attached to an aromatic ring is 1. The average molecular weight is 411 g/mol. The molecule has 0 unspecified atom stereocenters. The van der Waals surface area contributed by atoms with Gasteiger partial charge in [-0.2, -0.15) is 5.90 Å². The van der Waals surface area contributed by atoms with Crippen molar-refractivity contribution in [2.45, 2.75) is 24.4 Å². The first-order valence-corrected chi connectivity index (χ1v) is 8.89. The molecule has 0 spiro atoms. The van der Waals surface area contributed by atoms with Gasteiger partial charge in [-0.05, 0) is 0 Å². The first-order chi connectivity index (χ1) is 12.0. The zero-order valence-electron chi connectivity index (χ0n) is 13.8. The third kappa shape index (κ3) is 7.09. The van der Waals surface area contributed by atoms with Gasteiger partial charge in [0.25, 0.3) is 5.91 Å². The molecule has 11 nitrogen and oxygen atoms in total. The summed E-state index contributed by atoms with van der Waals surface area (Å²) in [5.41, 5.74) is 6.07. The van der Waals surface area contributed by atoms with E-state index in [1.165, 1.54) is 23.1 Å². The Morgan fingerprint density at radius 1 is 1.54 bits per heavy atom. The zero-order chi connectivity index (χ0) is 18.2. The van der Waals surface area contributed by atoms with Crippen LogP contribution in [0.2, 0.25) is 0 Å². The van der Waals surface area contributed by atoms with Gasteiger partial charge in [0, 0.05) is 40.7 Å². The van der Waals surface area contributed by atoms with Gasteiger partial charge in [-0.3, -0.25) is 14.4 Å². The second kappa shape index (κ2) is 11.4. The summed E-state index contributed by atoms with van der Waals surface area (Å²) in [7, 11) is 0. The second-order valence-electron chi connectivity index (χ2n) is 4.71. The van der Waals surface area contributed by atoms with Gasteiger partial charge in [0.15, 0.2) is 11.7 Å². The van der Waals surface area contributed by atoms with Crippen molar-refractivity contribution in [1.82, 2.24) is 15.6 Å². The van der Waals surface area contributed by atoms with E-state index in [0.717, 1.165) is 6.21 Å². The van der Waals surface area contributed by atoms with Gasteiger partial charge in [-0.25, -0.2) is 4.98 Å². The number of thioether (sulfide) groups is 1. The summed E-state index contributed by atoms with van der Waals surface area (Å²) in [4.78, 5) is 47.1. The number of anilines is 1. The van der Waals surface area contributed by atoms with Crippen LogP contribution >= 0.6 is 23.1 Å². The van der Waals surface area contributed by atoms with Gasteiger partial charge >= 0.3 is 5.97 Å². The maximum atomic E-state index is 11.7. The Hall–Kier alpha value is -1.38. The summed E-state index contributed by atoms with van der Waals surface area (Å²) in [5, 5.41) is 10.4. The van der Waals surface area contributed by atoms with Gasteiger partial charge in [0.2, 0.25) is 5.91 Å². The van der Waals surface area contributed by atoms with Crippen molar-refractivity contribution in [3.05, 3.63) is 11.1 Å². The van der Waals surface area contributed by atoms with Crippen LogP contribution in [0.4, 0.5) is 5.13 Å². The molecule has 2 amide bonds. The molecular formula is C12H16N6NaO5S2. The van der Waals surface area contributed by atoms with Crippen LogP contribution in [0.5, 0.6) is 0 Å². The Balaban J connectivity index is 0.00000338. The minimum absolute atomic E-state index is 0. The monoisotopic (exact) mass is 411 g/mol. The van der Waals surface area contributed by atoms with Crippen molar-refractivity contribution < 1.29 is 24.1 Å². The average Bonchev–Trinajstić information content (AvgIpc) is 3.01. The summed E-state index contributed by atoms with van der Waals surface area (Å²) in [5.74, 6) is 3.67. The number of rotatable bonds is 9. The molecule has 0 aliphatic carbocycles. The molecule has 26 heavy (non-hydrogen) atoms. The van der Waals surface area contributed by atoms with Crippen LogP contribution < -0.4 is 22.3 Å².